The Kier molecular flexibility index (Phi) is 8.83. The second-order valence-corrected chi connectivity index (χ2v) is 13.0. The molecule has 3 heterocycles. The number of nitroso groups, excluding NO2 is 1. The van der Waals surface area contributed by atoms with Crippen LogP contribution in [0.25, 0.3) is 11.4 Å². The zero-order valence-corrected chi connectivity index (χ0v) is 27.2. The summed E-state index contributed by atoms with van der Waals surface area (Å²) < 4.78 is 9.31. The van der Waals surface area contributed by atoms with E-state index in [4.69, 9.17) is 9.72 Å². The number of carbonyl (C=O) groups is 1. The SMILES string of the molecule is COc1c(C(=O)N=O)cnn1-c1cccc(C2=CCCC(C)=C2CCc2cc(C)c3c(c2C)CN(Sc2ccc(C)cc2)C3)n1. The van der Waals surface area contributed by atoms with Gasteiger partial charge in [0.2, 0.25) is 5.88 Å². The van der Waals surface area contributed by atoms with Gasteiger partial charge in [0.15, 0.2) is 5.82 Å². The van der Waals surface area contributed by atoms with E-state index in [2.05, 4.69) is 78.7 Å². The maximum Gasteiger partial charge on any atom is 0.323 e. The molecule has 0 unspecified atom stereocenters. The van der Waals surface area contributed by atoms with E-state index in [0.717, 1.165) is 50.0 Å². The summed E-state index contributed by atoms with van der Waals surface area (Å²) in [7, 11) is 1.43. The third-order valence-corrected chi connectivity index (χ3v) is 9.90. The molecule has 0 spiro atoms. The molecule has 1 aliphatic heterocycles. The van der Waals surface area contributed by atoms with Crippen molar-refractivity contribution in [2.75, 3.05) is 7.11 Å². The molecule has 9 heteroatoms. The highest BCUT2D eigenvalue weighted by molar-refractivity contribution is 7.97. The molecular weight excluding hydrogens is 582 g/mol. The minimum atomic E-state index is -0.931. The number of pyridine rings is 1. The normalized spacial score (nSPS) is 14.8. The van der Waals surface area contributed by atoms with E-state index in [1.807, 2.05) is 24.1 Å². The Labute approximate surface area is 268 Å². The molecule has 2 aliphatic rings. The summed E-state index contributed by atoms with van der Waals surface area (Å²) in [5.41, 5.74) is 13.1. The molecule has 2 aromatic heterocycles. The molecule has 0 saturated carbocycles. The van der Waals surface area contributed by atoms with E-state index in [1.165, 1.54) is 67.4 Å². The number of amides is 1. The Morgan fingerprint density at radius 2 is 1.80 bits per heavy atom. The van der Waals surface area contributed by atoms with E-state index in [9.17, 15) is 9.70 Å². The maximum absolute atomic E-state index is 12.0. The quantitative estimate of drug-likeness (QED) is 0.138. The molecule has 0 bridgehead atoms. The summed E-state index contributed by atoms with van der Waals surface area (Å²) >= 11 is 1.84. The Morgan fingerprint density at radius 3 is 2.56 bits per heavy atom. The molecule has 45 heavy (non-hydrogen) atoms. The molecule has 8 nitrogen and oxygen atoms in total. The lowest BCUT2D eigenvalue weighted by Crippen LogP contribution is -2.08. The monoisotopic (exact) mass is 619 g/mol. The van der Waals surface area contributed by atoms with Crippen LogP contribution in [0.4, 0.5) is 0 Å². The van der Waals surface area contributed by atoms with Crippen LogP contribution < -0.4 is 4.74 Å². The predicted octanol–water partition coefficient (Wildman–Crippen LogP) is 8.26. The average Bonchev–Trinajstić information content (AvgIpc) is 3.68. The lowest BCUT2D eigenvalue weighted by Gasteiger charge is -2.22. The van der Waals surface area contributed by atoms with Crippen LogP contribution in [-0.2, 0) is 19.5 Å². The second kappa shape index (κ2) is 12.9. The zero-order chi connectivity index (χ0) is 31.7. The van der Waals surface area contributed by atoms with Crippen molar-refractivity contribution in [3.05, 3.63) is 121 Å². The molecule has 1 aliphatic carbocycles. The predicted molar refractivity (Wildman–Crippen MR) is 178 cm³/mol. The summed E-state index contributed by atoms with van der Waals surface area (Å²) in [6.45, 7) is 10.8. The number of nitrogens with zero attached hydrogens (tertiary/aromatic N) is 5. The van der Waals surface area contributed by atoms with Crippen molar-refractivity contribution in [2.24, 2.45) is 5.18 Å². The van der Waals surface area contributed by atoms with Gasteiger partial charge < -0.3 is 4.74 Å². The van der Waals surface area contributed by atoms with Crippen LogP contribution in [0.15, 0.2) is 82.0 Å². The molecule has 0 radical (unpaired) electrons. The maximum atomic E-state index is 12.0. The van der Waals surface area contributed by atoms with Gasteiger partial charge in [-0.05, 0) is 129 Å². The largest absolute Gasteiger partial charge is 0.480 e. The number of fused-ring (bicyclic) bond motifs is 1. The summed E-state index contributed by atoms with van der Waals surface area (Å²) in [4.78, 5) is 29.1. The van der Waals surface area contributed by atoms with E-state index >= 15 is 0 Å². The highest BCUT2D eigenvalue weighted by Crippen LogP contribution is 2.39. The van der Waals surface area contributed by atoms with Gasteiger partial charge in [0.05, 0.1) is 19.0 Å². The molecule has 230 valence electrons. The van der Waals surface area contributed by atoms with Crippen molar-refractivity contribution in [2.45, 2.75) is 71.4 Å². The van der Waals surface area contributed by atoms with Crippen molar-refractivity contribution in [3.63, 3.8) is 0 Å². The van der Waals surface area contributed by atoms with Crippen LogP contribution in [0.2, 0.25) is 0 Å². The Hall–Kier alpha value is -4.34. The first-order valence-electron chi connectivity index (χ1n) is 15.2. The van der Waals surface area contributed by atoms with Crippen LogP contribution in [0.1, 0.15) is 75.6 Å². The molecule has 1 amide bonds. The van der Waals surface area contributed by atoms with Crippen molar-refractivity contribution >= 4 is 23.4 Å². The highest BCUT2D eigenvalue weighted by atomic mass is 32.2. The third-order valence-electron chi connectivity index (χ3n) is 8.90. The summed E-state index contributed by atoms with van der Waals surface area (Å²) in [5, 5.41) is 6.80. The second-order valence-electron chi connectivity index (χ2n) is 11.8. The van der Waals surface area contributed by atoms with Crippen molar-refractivity contribution in [3.8, 4) is 11.7 Å². The van der Waals surface area contributed by atoms with Gasteiger partial charge in [0.25, 0.3) is 0 Å². The first-order valence-corrected chi connectivity index (χ1v) is 16.0. The van der Waals surface area contributed by atoms with Gasteiger partial charge in [-0.3, -0.25) is 4.79 Å². The number of aryl methyl sites for hydroxylation is 3. The van der Waals surface area contributed by atoms with Crippen LogP contribution in [-0.4, -0.2) is 32.1 Å². The first-order chi connectivity index (χ1) is 21.8. The van der Waals surface area contributed by atoms with Crippen LogP contribution in [0.5, 0.6) is 5.88 Å². The number of ether oxygens (including phenoxy) is 1. The van der Waals surface area contributed by atoms with Gasteiger partial charge in [-0.2, -0.15) is 9.78 Å². The number of hydrogen-bond acceptors (Lipinski definition) is 7. The van der Waals surface area contributed by atoms with Crippen LogP contribution in [0.3, 0.4) is 0 Å². The summed E-state index contributed by atoms with van der Waals surface area (Å²) in [5.74, 6) is -0.303. The lowest BCUT2D eigenvalue weighted by molar-refractivity contribution is 0.0997. The minimum absolute atomic E-state index is 0.00453. The molecule has 0 saturated heterocycles. The Morgan fingerprint density at radius 1 is 1.02 bits per heavy atom. The molecule has 0 fully saturated rings. The van der Waals surface area contributed by atoms with Crippen molar-refractivity contribution in [1.82, 2.24) is 19.1 Å². The third kappa shape index (κ3) is 6.15. The standard InChI is InChI=1S/C36H37N5O3S/c1-22-12-15-27(16-13-22)45-40-20-31-24(3)18-26(25(4)32(31)21-40)14-17-28-23(2)8-6-9-29(28)33-10-7-11-34(38-33)41-36(44-5)30(19-37-41)35(42)39-43/h7,9-13,15-16,18-19H,6,8,14,17,20-21H2,1-5H3. The van der Waals surface area contributed by atoms with Gasteiger partial charge in [-0.15, -0.1) is 4.91 Å². The molecule has 4 aromatic rings. The fourth-order valence-corrected chi connectivity index (χ4v) is 7.36. The van der Waals surface area contributed by atoms with Gasteiger partial charge in [-0.25, -0.2) is 9.29 Å². The molecule has 2 aromatic carbocycles. The lowest BCUT2D eigenvalue weighted by atomic mass is 9.84. The number of allylic oxidation sites excluding steroid dienone is 4. The van der Waals surface area contributed by atoms with Crippen LogP contribution in [0, 0.1) is 25.7 Å². The fourth-order valence-electron chi connectivity index (χ4n) is 6.42. The van der Waals surface area contributed by atoms with E-state index in [0.29, 0.717) is 5.82 Å². The number of carbonyl (C=O) groups excluding carboxylic acids is 1. The molecular formula is C36H37N5O3S. The zero-order valence-electron chi connectivity index (χ0n) is 26.4. The average molecular weight is 620 g/mol. The number of rotatable bonds is 9. The molecule has 0 atom stereocenters. The highest BCUT2D eigenvalue weighted by Gasteiger charge is 2.26. The molecule has 0 N–H and O–H groups in total. The Balaban J connectivity index is 1.22. The van der Waals surface area contributed by atoms with Crippen molar-refractivity contribution < 1.29 is 9.53 Å². The van der Waals surface area contributed by atoms with E-state index in [-0.39, 0.29) is 11.4 Å². The summed E-state index contributed by atoms with van der Waals surface area (Å²) in [6.07, 6.45) is 7.42. The number of benzene rings is 2. The van der Waals surface area contributed by atoms with Crippen molar-refractivity contribution in [1.29, 1.82) is 0 Å². The topological polar surface area (TPSA) is 89.7 Å². The first kappa shape index (κ1) is 30.7. The fraction of sp³-hybridized carbons (Fsp3) is 0.306. The summed E-state index contributed by atoms with van der Waals surface area (Å²) in [6, 6.07) is 16.9. The van der Waals surface area contributed by atoms with Gasteiger partial charge >= 0.3 is 5.91 Å². The van der Waals surface area contributed by atoms with Gasteiger partial charge in [0.1, 0.15) is 5.56 Å². The smallest absolute Gasteiger partial charge is 0.323 e. The number of aromatic nitrogens is 3. The number of hydrogen-bond donors (Lipinski definition) is 0. The van der Waals surface area contributed by atoms with E-state index in [1.54, 1.807) is 6.07 Å². The Bertz CT molecular complexity index is 1860. The molecule has 6 rings (SSSR count). The minimum Gasteiger partial charge on any atom is -0.480 e. The van der Waals surface area contributed by atoms with Gasteiger partial charge in [-0.1, -0.05) is 41.5 Å². The van der Waals surface area contributed by atoms with E-state index < -0.39 is 5.91 Å². The number of methoxy groups -OCH3 is 1. The van der Waals surface area contributed by atoms with Gasteiger partial charge in [0, 0.05) is 23.2 Å². The van der Waals surface area contributed by atoms with Crippen LogP contribution >= 0.6 is 11.9 Å².